The average Bonchev–Trinajstić information content (AvgIpc) is 3.10. The number of nitrogens with zero attached hydrogens (tertiary/aromatic N) is 1. The molecule has 0 radical (unpaired) electrons. The van der Waals surface area contributed by atoms with Crippen molar-refractivity contribution in [2.75, 3.05) is 18.5 Å². The quantitative estimate of drug-likeness (QED) is 0.595. The van der Waals surface area contributed by atoms with Gasteiger partial charge in [-0.25, -0.2) is 9.18 Å². The van der Waals surface area contributed by atoms with Gasteiger partial charge < -0.3 is 29.6 Å². The van der Waals surface area contributed by atoms with Crippen LogP contribution in [0.2, 0.25) is 0 Å². The summed E-state index contributed by atoms with van der Waals surface area (Å²) < 4.78 is 29.7. The molecule has 0 spiro atoms. The van der Waals surface area contributed by atoms with E-state index in [2.05, 4.69) is 15.6 Å². The van der Waals surface area contributed by atoms with Gasteiger partial charge >= 0.3 is 6.09 Å². The van der Waals surface area contributed by atoms with Gasteiger partial charge in [0, 0.05) is 24.2 Å². The summed E-state index contributed by atoms with van der Waals surface area (Å²) in [6.45, 7) is 5.19. The van der Waals surface area contributed by atoms with Crippen molar-refractivity contribution in [1.29, 1.82) is 0 Å². The van der Waals surface area contributed by atoms with Gasteiger partial charge in [0.05, 0.1) is 12.4 Å². The Balaban J connectivity index is 1.52. The third kappa shape index (κ3) is 7.13. The lowest BCUT2D eigenvalue weighted by Gasteiger charge is -2.25. The molecule has 2 aromatic rings. The average molecular weight is 435 g/mol. The molecular weight excluding hydrogens is 405 g/mol. The van der Waals surface area contributed by atoms with Crippen molar-refractivity contribution in [3.63, 3.8) is 0 Å². The van der Waals surface area contributed by atoms with Gasteiger partial charge in [0.15, 0.2) is 5.58 Å². The van der Waals surface area contributed by atoms with Crippen molar-refractivity contribution in [3.8, 4) is 5.75 Å². The van der Waals surface area contributed by atoms with E-state index in [0.717, 1.165) is 25.7 Å². The molecule has 31 heavy (non-hydrogen) atoms. The van der Waals surface area contributed by atoms with Crippen molar-refractivity contribution in [3.05, 3.63) is 30.1 Å². The Hall–Kier alpha value is -2.81. The van der Waals surface area contributed by atoms with Crippen molar-refractivity contribution < 1.29 is 28.2 Å². The van der Waals surface area contributed by atoms with Crippen LogP contribution in [0, 0.1) is 0 Å². The largest absolute Gasteiger partial charge is 0.489 e. The molecule has 0 aliphatic heterocycles. The molecular formula is C22H30FN3O5. The summed E-state index contributed by atoms with van der Waals surface area (Å²) in [4.78, 5) is 16.1. The molecule has 1 heterocycles. The zero-order valence-corrected chi connectivity index (χ0v) is 18.1. The van der Waals surface area contributed by atoms with Crippen molar-refractivity contribution in [2.45, 2.75) is 64.2 Å². The van der Waals surface area contributed by atoms with Crippen molar-refractivity contribution >= 4 is 23.2 Å². The number of carbonyl (C=O) groups excluding carboxylic acids is 1. The molecule has 0 bridgehead atoms. The number of ether oxygens (including phenoxy) is 2. The van der Waals surface area contributed by atoms with E-state index < -0.39 is 11.7 Å². The maximum absolute atomic E-state index is 13.2. The fourth-order valence-corrected chi connectivity index (χ4v) is 3.25. The number of alkyl carbamates (subject to hydrolysis) is 1. The van der Waals surface area contributed by atoms with Gasteiger partial charge in [-0.2, -0.15) is 4.98 Å². The molecule has 1 amide bonds. The van der Waals surface area contributed by atoms with Gasteiger partial charge in [-0.3, -0.25) is 0 Å². The third-order valence-electron chi connectivity index (χ3n) is 4.82. The third-order valence-corrected chi connectivity index (χ3v) is 4.82. The topological polar surface area (TPSA) is 106 Å². The zero-order chi connectivity index (χ0) is 22.4. The Morgan fingerprint density at radius 3 is 2.74 bits per heavy atom. The van der Waals surface area contributed by atoms with Crippen molar-refractivity contribution in [1.82, 2.24) is 10.3 Å². The number of anilines is 1. The monoisotopic (exact) mass is 435 g/mol. The van der Waals surface area contributed by atoms with Crippen LogP contribution in [0.1, 0.15) is 46.5 Å². The van der Waals surface area contributed by atoms with E-state index in [4.69, 9.17) is 13.9 Å². The fraction of sp³-hybridized carbons (Fsp3) is 0.545. The lowest BCUT2D eigenvalue weighted by Crippen LogP contribution is -2.34. The van der Waals surface area contributed by atoms with E-state index in [1.165, 1.54) is 0 Å². The number of aliphatic hydroxyl groups is 1. The lowest BCUT2D eigenvalue weighted by molar-refractivity contribution is 0.0531. The summed E-state index contributed by atoms with van der Waals surface area (Å²) in [6, 6.07) is 5.83. The molecule has 170 valence electrons. The minimum Gasteiger partial charge on any atom is -0.489 e. The van der Waals surface area contributed by atoms with Crippen LogP contribution in [0.3, 0.4) is 0 Å². The molecule has 1 aliphatic rings. The number of hydrogen-bond acceptors (Lipinski definition) is 7. The second-order valence-electron chi connectivity index (χ2n) is 8.71. The number of aromatic nitrogens is 1. The highest BCUT2D eigenvalue weighted by molar-refractivity contribution is 5.76. The Labute approximate surface area is 180 Å². The highest BCUT2D eigenvalue weighted by atomic mass is 19.1. The molecule has 0 atom stereocenters. The van der Waals surface area contributed by atoms with Crippen LogP contribution < -0.4 is 15.4 Å². The number of nitrogens with one attached hydrogen (secondary N) is 2. The summed E-state index contributed by atoms with van der Waals surface area (Å²) in [5.74, 6) is 0.493. The van der Waals surface area contributed by atoms with Crippen LogP contribution in [0.4, 0.5) is 15.2 Å². The molecule has 0 saturated heterocycles. The minimum atomic E-state index is -0.626. The van der Waals surface area contributed by atoms with Gasteiger partial charge in [-0.05, 0) is 58.6 Å². The number of fused-ring (bicyclic) bond motifs is 1. The predicted molar refractivity (Wildman–Crippen MR) is 115 cm³/mol. The second-order valence-corrected chi connectivity index (χ2v) is 8.71. The standard InChI is InChI=1S/C22H30FN3O5/c1-22(2,3)31-21(28)24-12-14(11-23)13-29-17-8-9-18-19(10-17)30-20(26-18)25-15-4-6-16(27)7-5-15/h8-11,15-16,27H,4-7,12-13H2,1-3H3,(H,24,28)(H,25,26)/b14-11-. The van der Waals surface area contributed by atoms with Crippen LogP contribution in [0.25, 0.3) is 11.1 Å². The molecule has 1 aliphatic carbocycles. The number of hydrogen-bond donors (Lipinski definition) is 3. The number of rotatable bonds is 7. The SMILES string of the molecule is CC(C)(C)OC(=O)NC/C(=C/F)COc1ccc2nc(NC3CCC(O)CC3)oc2c1. The Bertz CT molecular complexity index is 913. The summed E-state index contributed by atoms with van der Waals surface area (Å²) in [5.41, 5.74) is 0.857. The first-order chi connectivity index (χ1) is 14.7. The molecule has 1 aromatic heterocycles. The molecule has 8 nitrogen and oxygen atoms in total. The first-order valence-electron chi connectivity index (χ1n) is 10.4. The van der Waals surface area contributed by atoms with Gasteiger partial charge in [-0.15, -0.1) is 0 Å². The summed E-state index contributed by atoms with van der Waals surface area (Å²) >= 11 is 0. The number of amides is 1. The zero-order valence-electron chi connectivity index (χ0n) is 18.1. The molecule has 3 rings (SSSR count). The molecule has 3 N–H and O–H groups in total. The van der Waals surface area contributed by atoms with Crippen LogP contribution >= 0.6 is 0 Å². The lowest BCUT2D eigenvalue weighted by atomic mass is 9.93. The molecule has 9 heteroatoms. The Morgan fingerprint density at radius 1 is 1.32 bits per heavy atom. The number of aliphatic hydroxyl groups excluding tert-OH is 1. The van der Waals surface area contributed by atoms with Gasteiger partial charge in [0.25, 0.3) is 6.01 Å². The van der Waals surface area contributed by atoms with Crippen LogP contribution in [-0.2, 0) is 4.74 Å². The van der Waals surface area contributed by atoms with E-state index in [0.29, 0.717) is 29.2 Å². The molecule has 0 unspecified atom stereocenters. The van der Waals surface area contributed by atoms with E-state index >= 15 is 0 Å². The first-order valence-corrected chi connectivity index (χ1v) is 10.4. The summed E-state index contributed by atoms with van der Waals surface area (Å²) in [5, 5.41) is 15.4. The molecule has 1 fully saturated rings. The molecule has 1 saturated carbocycles. The van der Waals surface area contributed by atoms with Gasteiger partial charge in [-0.1, -0.05) is 0 Å². The van der Waals surface area contributed by atoms with E-state index in [-0.39, 0.29) is 30.9 Å². The number of carbonyl (C=O) groups is 1. The maximum Gasteiger partial charge on any atom is 0.407 e. The second kappa shape index (κ2) is 10.00. The van der Waals surface area contributed by atoms with Crippen LogP contribution in [0.15, 0.2) is 34.5 Å². The Kier molecular flexibility index (Phi) is 7.37. The smallest absolute Gasteiger partial charge is 0.407 e. The Morgan fingerprint density at radius 2 is 2.06 bits per heavy atom. The van der Waals surface area contributed by atoms with E-state index in [1.807, 2.05) is 0 Å². The number of oxazole rings is 1. The molecule has 1 aromatic carbocycles. The highest BCUT2D eigenvalue weighted by Gasteiger charge is 2.21. The van der Waals surface area contributed by atoms with Crippen LogP contribution in [0.5, 0.6) is 5.75 Å². The van der Waals surface area contributed by atoms with Gasteiger partial charge in [0.2, 0.25) is 0 Å². The van der Waals surface area contributed by atoms with E-state index in [9.17, 15) is 14.3 Å². The summed E-state index contributed by atoms with van der Waals surface area (Å²) in [6.07, 6.45) is 2.83. The minimum absolute atomic E-state index is 0.0277. The summed E-state index contributed by atoms with van der Waals surface area (Å²) in [7, 11) is 0. The predicted octanol–water partition coefficient (Wildman–Crippen LogP) is 4.30. The van der Waals surface area contributed by atoms with Gasteiger partial charge in [0.1, 0.15) is 23.5 Å². The fourth-order valence-electron chi connectivity index (χ4n) is 3.25. The van der Waals surface area contributed by atoms with Crippen LogP contribution in [-0.4, -0.2) is 47.1 Å². The number of halogens is 1. The number of benzene rings is 1. The highest BCUT2D eigenvalue weighted by Crippen LogP contribution is 2.27. The first kappa shape index (κ1) is 22.9. The van der Waals surface area contributed by atoms with Crippen molar-refractivity contribution in [2.24, 2.45) is 0 Å². The maximum atomic E-state index is 13.2. The van der Waals surface area contributed by atoms with E-state index in [1.54, 1.807) is 39.0 Å². The normalized spacial score (nSPS) is 19.8.